The molecular weight excluding hydrogens is 258 g/mol. The van der Waals surface area contributed by atoms with Gasteiger partial charge in [-0.2, -0.15) is 0 Å². The van der Waals surface area contributed by atoms with Gasteiger partial charge in [0.05, 0.1) is 0 Å². The lowest BCUT2D eigenvalue weighted by atomic mass is 9.84. The van der Waals surface area contributed by atoms with Gasteiger partial charge >= 0.3 is 12.1 Å². The van der Waals surface area contributed by atoms with Crippen LogP contribution in [0.3, 0.4) is 0 Å². The van der Waals surface area contributed by atoms with Crippen molar-refractivity contribution in [2.24, 2.45) is 5.41 Å². The molecule has 1 atom stereocenters. The normalized spacial score (nSPS) is 12.3. The number of ether oxygens (including phenoxy) is 1. The fourth-order valence-corrected chi connectivity index (χ4v) is 1.57. The maximum absolute atomic E-state index is 11.7. The summed E-state index contributed by atoms with van der Waals surface area (Å²) in [5.41, 5.74) is 0.0509. The van der Waals surface area contributed by atoms with Gasteiger partial charge in [0, 0.05) is 5.41 Å². The minimum atomic E-state index is -1.13. The largest absolute Gasteiger partial charge is 0.480 e. The highest BCUT2D eigenvalue weighted by atomic mass is 16.5. The number of nitrogens with one attached hydrogen (secondary N) is 1. The van der Waals surface area contributed by atoms with Crippen LogP contribution in [-0.4, -0.2) is 23.2 Å². The van der Waals surface area contributed by atoms with Crippen LogP contribution in [-0.2, 0) is 16.1 Å². The third-order valence-corrected chi connectivity index (χ3v) is 2.99. The van der Waals surface area contributed by atoms with Crippen molar-refractivity contribution in [2.45, 2.75) is 26.5 Å². The molecule has 0 unspecified atom stereocenters. The van der Waals surface area contributed by atoms with Crippen LogP contribution in [0.15, 0.2) is 43.0 Å². The number of rotatable bonds is 6. The summed E-state index contributed by atoms with van der Waals surface area (Å²) in [5.74, 6) is -1.13. The molecular formula is C15H19NO4. The zero-order chi connectivity index (χ0) is 15.2. The number of hydrogen-bond donors (Lipinski definition) is 2. The van der Waals surface area contributed by atoms with Crippen molar-refractivity contribution >= 4 is 12.1 Å². The molecule has 2 N–H and O–H groups in total. The van der Waals surface area contributed by atoms with Gasteiger partial charge in [0.2, 0.25) is 0 Å². The molecule has 1 rings (SSSR count). The first-order valence-corrected chi connectivity index (χ1v) is 6.20. The lowest BCUT2D eigenvalue weighted by molar-refractivity contribution is -0.141. The van der Waals surface area contributed by atoms with E-state index in [0.29, 0.717) is 0 Å². The van der Waals surface area contributed by atoms with Crippen molar-refractivity contribution < 1.29 is 19.4 Å². The van der Waals surface area contributed by atoms with Crippen LogP contribution < -0.4 is 5.32 Å². The molecule has 0 heterocycles. The van der Waals surface area contributed by atoms with Gasteiger partial charge in [-0.3, -0.25) is 0 Å². The summed E-state index contributed by atoms with van der Waals surface area (Å²) in [7, 11) is 0. The van der Waals surface area contributed by atoms with Crippen LogP contribution in [0.2, 0.25) is 0 Å². The van der Waals surface area contributed by atoms with Gasteiger partial charge in [-0.1, -0.05) is 50.3 Å². The summed E-state index contributed by atoms with van der Waals surface area (Å²) in [5, 5.41) is 11.5. The standard InChI is InChI=1S/C15H19NO4/c1-4-15(2,3)12(13(17)18)16-14(19)20-10-11-8-6-5-7-9-11/h4-9,12H,1,10H2,2-3H3,(H,16,19)(H,17,18)/t12-/m1/s1. The molecule has 0 aliphatic carbocycles. The van der Waals surface area contributed by atoms with E-state index >= 15 is 0 Å². The van der Waals surface area contributed by atoms with Gasteiger partial charge in [-0.15, -0.1) is 6.58 Å². The van der Waals surface area contributed by atoms with E-state index in [4.69, 9.17) is 9.84 Å². The molecule has 1 aromatic rings. The van der Waals surface area contributed by atoms with E-state index < -0.39 is 23.5 Å². The molecule has 0 aliphatic heterocycles. The van der Waals surface area contributed by atoms with E-state index in [2.05, 4.69) is 11.9 Å². The lowest BCUT2D eigenvalue weighted by Gasteiger charge is -2.28. The summed E-state index contributed by atoms with van der Waals surface area (Å²) >= 11 is 0. The van der Waals surface area contributed by atoms with E-state index in [9.17, 15) is 9.59 Å². The highest BCUT2D eigenvalue weighted by Gasteiger charge is 2.34. The molecule has 0 spiro atoms. The third-order valence-electron chi connectivity index (χ3n) is 2.99. The average molecular weight is 277 g/mol. The van der Waals surface area contributed by atoms with Crippen molar-refractivity contribution in [3.63, 3.8) is 0 Å². The van der Waals surface area contributed by atoms with Gasteiger partial charge in [0.1, 0.15) is 12.6 Å². The molecule has 0 saturated heterocycles. The number of carbonyl (C=O) groups excluding carboxylic acids is 1. The first-order chi connectivity index (χ1) is 9.36. The number of carbonyl (C=O) groups is 2. The maximum atomic E-state index is 11.7. The molecule has 20 heavy (non-hydrogen) atoms. The van der Waals surface area contributed by atoms with Crippen molar-refractivity contribution in [1.82, 2.24) is 5.32 Å². The second kappa shape index (κ2) is 6.75. The molecule has 0 aromatic heterocycles. The second-order valence-electron chi connectivity index (χ2n) is 5.00. The number of benzene rings is 1. The summed E-state index contributed by atoms with van der Waals surface area (Å²) in [4.78, 5) is 22.9. The van der Waals surface area contributed by atoms with Crippen LogP contribution in [0.25, 0.3) is 0 Å². The number of alkyl carbamates (subject to hydrolysis) is 1. The lowest BCUT2D eigenvalue weighted by Crippen LogP contribution is -2.49. The first-order valence-electron chi connectivity index (χ1n) is 6.20. The number of carboxylic acid groups (broad SMARTS) is 1. The first kappa shape index (κ1) is 15.8. The summed E-state index contributed by atoms with van der Waals surface area (Å²) in [6.45, 7) is 7.03. The predicted molar refractivity (Wildman–Crippen MR) is 75.2 cm³/mol. The molecule has 0 radical (unpaired) electrons. The van der Waals surface area contributed by atoms with Gasteiger partial charge < -0.3 is 15.2 Å². The Morgan fingerprint density at radius 1 is 1.40 bits per heavy atom. The molecule has 0 fully saturated rings. The molecule has 0 aliphatic rings. The fourth-order valence-electron chi connectivity index (χ4n) is 1.57. The monoisotopic (exact) mass is 277 g/mol. The van der Waals surface area contributed by atoms with Crippen molar-refractivity contribution in [2.75, 3.05) is 0 Å². The number of carboxylic acids is 1. The van der Waals surface area contributed by atoms with Crippen LogP contribution in [0.4, 0.5) is 4.79 Å². The van der Waals surface area contributed by atoms with Crippen LogP contribution >= 0.6 is 0 Å². The van der Waals surface area contributed by atoms with Crippen LogP contribution in [0.1, 0.15) is 19.4 Å². The van der Waals surface area contributed by atoms with Crippen LogP contribution in [0.5, 0.6) is 0 Å². The van der Waals surface area contributed by atoms with Crippen molar-refractivity contribution in [1.29, 1.82) is 0 Å². The Kier molecular flexibility index (Phi) is 5.32. The summed E-state index contributed by atoms with van der Waals surface area (Å²) < 4.78 is 5.00. The molecule has 1 aromatic carbocycles. The third kappa shape index (κ3) is 4.42. The van der Waals surface area contributed by atoms with E-state index in [1.165, 1.54) is 6.08 Å². The molecule has 1 amide bonds. The Bertz CT molecular complexity index is 482. The topological polar surface area (TPSA) is 75.6 Å². The smallest absolute Gasteiger partial charge is 0.408 e. The maximum Gasteiger partial charge on any atom is 0.408 e. The van der Waals surface area contributed by atoms with Crippen molar-refractivity contribution in [3.05, 3.63) is 48.6 Å². The summed E-state index contributed by atoms with van der Waals surface area (Å²) in [6, 6.07) is 8.06. The Morgan fingerprint density at radius 2 is 2.00 bits per heavy atom. The van der Waals surface area contributed by atoms with E-state index in [1.807, 2.05) is 30.3 Å². The zero-order valence-corrected chi connectivity index (χ0v) is 11.6. The summed E-state index contributed by atoms with van der Waals surface area (Å²) in [6.07, 6.45) is 0.722. The minimum Gasteiger partial charge on any atom is -0.480 e. The molecule has 5 nitrogen and oxygen atoms in total. The van der Waals surface area contributed by atoms with E-state index in [1.54, 1.807) is 13.8 Å². The van der Waals surface area contributed by atoms with Gasteiger partial charge in [-0.05, 0) is 5.56 Å². The number of amides is 1. The number of hydrogen-bond acceptors (Lipinski definition) is 3. The van der Waals surface area contributed by atoms with Gasteiger partial charge in [0.25, 0.3) is 0 Å². The van der Waals surface area contributed by atoms with E-state index in [0.717, 1.165) is 5.56 Å². The van der Waals surface area contributed by atoms with E-state index in [-0.39, 0.29) is 6.61 Å². The molecule has 108 valence electrons. The minimum absolute atomic E-state index is 0.0908. The van der Waals surface area contributed by atoms with Gasteiger partial charge in [-0.25, -0.2) is 9.59 Å². The highest BCUT2D eigenvalue weighted by Crippen LogP contribution is 2.22. The SMILES string of the molecule is C=CC(C)(C)[C@H](NC(=O)OCc1ccccc1)C(=O)O. The van der Waals surface area contributed by atoms with Gasteiger partial charge in [0.15, 0.2) is 0 Å². The number of aliphatic carboxylic acids is 1. The van der Waals surface area contributed by atoms with Crippen LogP contribution in [0, 0.1) is 5.41 Å². The second-order valence-corrected chi connectivity index (χ2v) is 5.00. The Morgan fingerprint density at radius 3 is 2.50 bits per heavy atom. The quantitative estimate of drug-likeness (QED) is 0.784. The highest BCUT2D eigenvalue weighted by molar-refractivity contribution is 5.81. The Labute approximate surface area is 118 Å². The zero-order valence-electron chi connectivity index (χ0n) is 11.6. The van der Waals surface area contributed by atoms with Crippen molar-refractivity contribution in [3.8, 4) is 0 Å². The molecule has 0 saturated carbocycles. The Hall–Kier alpha value is -2.30. The predicted octanol–water partition coefficient (Wildman–Crippen LogP) is 2.58. The Balaban J connectivity index is 2.59. The average Bonchev–Trinajstić information content (AvgIpc) is 2.43. The fraction of sp³-hybridized carbons (Fsp3) is 0.333. The molecule has 5 heteroatoms. The molecule has 0 bridgehead atoms.